The quantitative estimate of drug-likeness (QED) is 0.0261. The lowest BCUT2D eigenvalue weighted by molar-refractivity contribution is -0.142. The first-order valence-electron chi connectivity index (χ1n) is 18.6. The van der Waals surface area contributed by atoms with Gasteiger partial charge in [0.25, 0.3) is 0 Å². The Hall–Kier alpha value is -5.80. The van der Waals surface area contributed by atoms with Gasteiger partial charge in [0, 0.05) is 31.8 Å². The van der Waals surface area contributed by atoms with Crippen LogP contribution in [0.4, 0.5) is 0 Å². The van der Waals surface area contributed by atoms with E-state index in [1.54, 1.807) is 0 Å². The van der Waals surface area contributed by atoms with E-state index in [0.717, 1.165) is 6.92 Å². The molecule has 0 aliphatic heterocycles. The second-order valence-corrected chi connectivity index (χ2v) is 14.5. The molecule has 0 aromatic carbocycles. The maximum Gasteiger partial charge on any atom is 0.326 e. The molecule has 22 heteroatoms. The van der Waals surface area contributed by atoms with Crippen molar-refractivity contribution in [2.24, 2.45) is 28.3 Å². The Morgan fingerprint density at radius 1 is 0.684 bits per heavy atom. The zero-order valence-electron chi connectivity index (χ0n) is 33.5. The number of carboxylic acid groups (broad SMARTS) is 1. The van der Waals surface area contributed by atoms with E-state index in [-0.39, 0.29) is 56.4 Å². The number of aliphatic carboxylic acids is 1. The van der Waals surface area contributed by atoms with Crippen LogP contribution in [0, 0.1) is 11.8 Å². The van der Waals surface area contributed by atoms with Gasteiger partial charge in [0.2, 0.25) is 41.4 Å². The Bertz CT molecular complexity index is 1550. The number of aromatic amines is 1. The topological polar surface area (TPSA) is 354 Å². The van der Waals surface area contributed by atoms with Crippen LogP contribution < -0.4 is 48.7 Å². The number of aromatic nitrogens is 2. The van der Waals surface area contributed by atoms with Gasteiger partial charge in [0.15, 0.2) is 5.96 Å². The minimum Gasteiger partial charge on any atom is -0.480 e. The number of aliphatic imine (C=N–C) groups is 1. The van der Waals surface area contributed by atoms with E-state index in [4.69, 9.17) is 11.5 Å². The Labute approximate surface area is 331 Å². The summed E-state index contributed by atoms with van der Waals surface area (Å²) in [7, 11) is 0. The summed E-state index contributed by atoms with van der Waals surface area (Å²) < 4.78 is 0. The maximum atomic E-state index is 13.7. The highest BCUT2D eigenvalue weighted by Crippen LogP contribution is 2.10. The van der Waals surface area contributed by atoms with E-state index in [1.165, 1.54) is 26.4 Å². The van der Waals surface area contributed by atoms with E-state index in [0.29, 0.717) is 5.69 Å². The fourth-order valence-electron chi connectivity index (χ4n) is 5.33. The SMILES string of the molecule is CC(=O)N[C@@H](CO)C(=O)N[C@@H](Cc1cnc[nH]1)C(=O)N[C@@H](C)C(=O)N[C@@H](CC(C)C)C(=O)N[C@@H](CC(C)C)C(=O)N[C@@H](C)C(=O)N[C@@H](CCCN=C(N)N)C(=O)O. The molecule has 0 saturated carbocycles. The summed E-state index contributed by atoms with van der Waals surface area (Å²) in [6, 6.07) is -8.66. The molecular formula is C35H60N12O10. The van der Waals surface area contributed by atoms with Crippen LogP contribution in [0.25, 0.3) is 0 Å². The summed E-state index contributed by atoms with van der Waals surface area (Å²) in [6.07, 6.45) is 3.25. The minimum atomic E-state index is -1.35. The van der Waals surface area contributed by atoms with Crippen LogP contribution in [0.2, 0.25) is 0 Å². The Morgan fingerprint density at radius 3 is 1.58 bits per heavy atom. The lowest BCUT2D eigenvalue weighted by Crippen LogP contribution is -2.60. The standard InChI is InChI=1S/C35H60N12O10/c1-17(2)11-24(30(52)41-19(5)28(50)44-23(34(56)57)9-8-10-39-35(36)37)46-32(54)25(12-18(3)4)45-29(51)20(6)42-31(53)26(13-22-14-38-16-40-22)47-33(55)27(15-48)43-21(7)49/h14,16-20,23-27,48H,8-13,15H2,1-7H3,(H,38,40)(H,41,52)(H,42,53)(H,43,49)(H,44,50)(H,45,51)(H,46,54)(H,47,55)(H,56,57)(H4,36,37,39)/t19-,20-,23-,24-,25-,26-,27-/m0/s1. The van der Waals surface area contributed by atoms with Crippen LogP contribution in [0.1, 0.15) is 79.8 Å². The molecule has 1 rings (SSSR count). The Balaban J connectivity index is 3.07. The molecule has 57 heavy (non-hydrogen) atoms. The number of aliphatic hydroxyl groups is 1. The summed E-state index contributed by atoms with van der Waals surface area (Å²) in [6.45, 7) is 10.5. The molecule has 1 aromatic rings. The van der Waals surface area contributed by atoms with Crippen LogP contribution in [0.3, 0.4) is 0 Å². The third-order valence-electron chi connectivity index (χ3n) is 8.23. The molecule has 0 radical (unpaired) electrons. The minimum absolute atomic E-state index is 0.0170. The first-order valence-corrected chi connectivity index (χ1v) is 18.6. The number of nitrogens with zero attached hydrogens (tertiary/aromatic N) is 2. The number of aliphatic hydroxyl groups excluding tert-OH is 1. The highest BCUT2D eigenvalue weighted by atomic mass is 16.4. The summed E-state index contributed by atoms with van der Waals surface area (Å²) in [5.41, 5.74) is 11.0. The maximum absolute atomic E-state index is 13.7. The first kappa shape index (κ1) is 49.2. The Morgan fingerprint density at radius 2 is 1.14 bits per heavy atom. The third kappa shape index (κ3) is 19.1. The lowest BCUT2D eigenvalue weighted by atomic mass is 9.99. The molecule has 320 valence electrons. The second kappa shape index (κ2) is 24.7. The Kier molecular flexibility index (Phi) is 21.3. The van der Waals surface area contributed by atoms with Crippen molar-refractivity contribution >= 4 is 53.3 Å². The lowest BCUT2D eigenvalue weighted by Gasteiger charge is -2.27. The first-order chi connectivity index (χ1) is 26.6. The number of hydrogen-bond donors (Lipinski definition) is 12. The van der Waals surface area contributed by atoms with Crippen LogP contribution >= 0.6 is 0 Å². The van der Waals surface area contributed by atoms with Gasteiger partial charge in [-0.1, -0.05) is 27.7 Å². The molecule has 0 spiro atoms. The van der Waals surface area contributed by atoms with Crippen molar-refractivity contribution in [1.29, 1.82) is 0 Å². The third-order valence-corrected chi connectivity index (χ3v) is 8.23. The van der Waals surface area contributed by atoms with Crippen molar-refractivity contribution in [3.63, 3.8) is 0 Å². The van der Waals surface area contributed by atoms with Gasteiger partial charge in [0.05, 0.1) is 12.9 Å². The van der Waals surface area contributed by atoms with Crippen LogP contribution in [0.15, 0.2) is 17.5 Å². The average molecular weight is 809 g/mol. The second-order valence-electron chi connectivity index (χ2n) is 14.5. The predicted molar refractivity (Wildman–Crippen MR) is 206 cm³/mol. The molecule has 0 unspecified atom stereocenters. The zero-order valence-corrected chi connectivity index (χ0v) is 33.5. The molecule has 0 saturated heterocycles. The molecular weight excluding hydrogens is 748 g/mol. The van der Waals surface area contributed by atoms with Crippen molar-refractivity contribution in [3.8, 4) is 0 Å². The summed E-state index contributed by atoms with van der Waals surface area (Å²) >= 11 is 0. The van der Waals surface area contributed by atoms with E-state index in [2.05, 4.69) is 52.2 Å². The molecule has 22 nitrogen and oxygen atoms in total. The van der Waals surface area contributed by atoms with Gasteiger partial charge in [-0.25, -0.2) is 9.78 Å². The number of guanidine groups is 1. The molecule has 7 atom stereocenters. The predicted octanol–water partition coefficient (Wildman–Crippen LogP) is -3.37. The normalized spacial score (nSPS) is 14.7. The van der Waals surface area contributed by atoms with Gasteiger partial charge in [-0.15, -0.1) is 0 Å². The number of carbonyl (C=O) groups excluding carboxylic acids is 7. The molecule has 0 bridgehead atoms. The summed E-state index contributed by atoms with van der Waals surface area (Å²) in [4.78, 5) is 113. The van der Waals surface area contributed by atoms with Crippen LogP contribution in [-0.4, -0.2) is 129 Å². The highest BCUT2D eigenvalue weighted by molar-refractivity contribution is 5.97. The van der Waals surface area contributed by atoms with Crippen LogP contribution in [0.5, 0.6) is 0 Å². The number of amides is 7. The monoisotopic (exact) mass is 808 g/mol. The van der Waals surface area contributed by atoms with Crippen molar-refractivity contribution < 1.29 is 48.6 Å². The summed E-state index contributed by atoms with van der Waals surface area (Å²) in [5.74, 6) is -6.88. The van der Waals surface area contributed by atoms with Gasteiger partial charge < -0.3 is 63.9 Å². The number of nitrogens with one attached hydrogen (secondary N) is 8. The smallest absolute Gasteiger partial charge is 0.326 e. The van der Waals surface area contributed by atoms with Gasteiger partial charge in [-0.05, 0) is 51.4 Å². The van der Waals surface area contributed by atoms with Crippen molar-refractivity contribution in [2.75, 3.05) is 13.2 Å². The molecule has 0 aliphatic carbocycles. The molecule has 14 N–H and O–H groups in total. The number of carboxylic acids is 1. The molecule has 0 aliphatic rings. The van der Waals surface area contributed by atoms with Gasteiger partial charge in [-0.3, -0.25) is 38.6 Å². The number of hydrogen-bond acceptors (Lipinski definition) is 11. The molecule has 1 aromatic heterocycles. The highest BCUT2D eigenvalue weighted by Gasteiger charge is 2.33. The number of imidazole rings is 1. The molecule has 7 amide bonds. The fraction of sp³-hybridized carbons (Fsp3) is 0.657. The number of H-pyrrole nitrogens is 1. The number of rotatable bonds is 25. The van der Waals surface area contributed by atoms with E-state index in [1.807, 2.05) is 27.7 Å². The average Bonchev–Trinajstić information content (AvgIpc) is 3.63. The zero-order chi connectivity index (χ0) is 43.4. The largest absolute Gasteiger partial charge is 0.480 e. The fourth-order valence-corrected chi connectivity index (χ4v) is 5.33. The van der Waals surface area contributed by atoms with Crippen molar-refractivity contribution in [3.05, 3.63) is 18.2 Å². The van der Waals surface area contributed by atoms with E-state index >= 15 is 0 Å². The number of carbonyl (C=O) groups is 8. The number of nitrogens with two attached hydrogens (primary N) is 2. The van der Waals surface area contributed by atoms with Crippen molar-refractivity contribution in [1.82, 2.24) is 47.2 Å². The van der Waals surface area contributed by atoms with E-state index in [9.17, 15) is 48.6 Å². The van der Waals surface area contributed by atoms with Gasteiger partial charge in [-0.2, -0.15) is 0 Å². The summed E-state index contributed by atoms with van der Waals surface area (Å²) in [5, 5.41) is 36.6. The van der Waals surface area contributed by atoms with Crippen LogP contribution in [-0.2, 0) is 44.8 Å². The molecule has 0 fully saturated rings. The van der Waals surface area contributed by atoms with Gasteiger partial charge in [0.1, 0.15) is 42.3 Å². The van der Waals surface area contributed by atoms with Crippen molar-refractivity contribution in [2.45, 2.75) is 123 Å². The van der Waals surface area contributed by atoms with Gasteiger partial charge >= 0.3 is 5.97 Å². The molecule has 1 heterocycles. The van der Waals surface area contributed by atoms with E-state index < -0.39 is 96.2 Å².